The van der Waals surface area contributed by atoms with Crippen LogP contribution in [-0.4, -0.2) is 23.9 Å². The lowest BCUT2D eigenvalue weighted by molar-refractivity contribution is -0.123. The average Bonchev–Trinajstić information content (AvgIpc) is 2.29. The molecule has 1 aliphatic rings. The van der Waals surface area contributed by atoms with Crippen molar-refractivity contribution < 1.29 is 9.18 Å². The summed E-state index contributed by atoms with van der Waals surface area (Å²) < 4.78 is 13.0. The molecule has 2 rings (SSSR count). The summed E-state index contributed by atoms with van der Waals surface area (Å²) in [5, 5.41) is 0. The molecule has 0 aliphatic carbocycles. The van der Waals surface area contributed by atoms with E-state index in [1.54, 1.807) is 12.1 Å². The van der Waals surface area contributed by atoms with Crippen molar-refractivity contribution in [2.24, 2.45) is 11.7 Å². The largest absolute Gasteiger partial charge is 0.369 e. The van der Waals surface area contributed by atoms with Crippen LogP contribution < -0.4 is 5.73 Å². The molecule has 1 amide bonds. The predicted octanol–water partition coefficient (Wildman–Crippen LogP) is 1.52. The number of carbonyl (C=O) groups excluding carboxylic acids is 1. The van der Waals surface area contributed by atoms with Crippen molar-refractivity contribution in [3.05, 3.63) is 35.6 Å². The van der Waals surface area contributed by atoms with Gasteiger partial charge in [0.1, 0.15) is 5.82 Å². The number of carbonyl (C=O) groups is 1. The van der Waals surface area contributed by atoms with Gasteiger partial charge in [-0.25, -0.2) is 4.39 Å². The normalized spacial score (nSPS) is 18.2. The second-order valence-electron chi connectivity index (χ2n) is 4.58. The van der Waals surface area contributed by atoms with E-state index in [-0.39, 0.29) is 17.6 Å². The highest BCUT2D eigenvalue weighted by atomic mass is 19.1. The maximum atomic E-state index is 13.0. The van der Waals surface area contributed by atoms with Gasteiger partial charge in [-0.3, -0.25) is 9.69 Å². The standard InChI is InChI=1S/C13H17FN2O/c14-12-3-1-2-10(8-12)9-16-6-4-11(5-7-16)13(15)17/h1-3,8,11H,4-7,9H2,(H2,15,17). The Kier molecular flexibility index (Phi) is 3.74. The molecule has 0 aromatic heterocycles. The molecule has 1 fully saturated rings. The number of rotatable bonds is 3. The van der Waals surface area contributed by atoms with E-state index in [0.29, 0.717) is 0 Å². The molecule has 0 atom stereocenters. The van der Waals surface area contributed by atoms with E-state index in [9.17, 15) is 9.18 Å². The fraction of sp³-hybridized carbons (Fsp3) is 0.462. The molecular formula is C13H17FN2O. The van der Waals surface area contributed by atoms with Crippen LogP contribution in [0.3, 0.4) is 0 Å². The van der Waals surface area contributed by atoms with Crippen LogP contribution in [0, 0.1) is 11.7 Å². The number of hydrogen-bond acceptors (Lipinski definition) is 2. The van der Waals surface area contributed by atoms with Crippen LogP contribution in [0.2, 0.25) is 0 Å². The van der Waals surface area contributed by atoms with Crippen molar-refractivity contribution in [1.82, 2.24) is 4.90 Å². The first-order chi connectivity index (χ1) is 8.15. The third-order valence-corrected chi connectivity index (χ3v) is 3.29. The van der Waals surface area contributed by atoms with Gasteiger partial charge in [-0.15, -0.1) is 0 Å². The quantitative estimate of drug-likeness (QED) is 0.865. The van der Waals surface area contributed by atoms with Crippen molar-refractivity contribution in [2.75, 3.05) is 13.1 Å². The second kappa shape index (κ2) is 5.27. The maximum Gasteiger partial charge on any atom is 0.220 e. The molecule has 0 bridgehead atoms. The minimum atomic E-state index is -0.200. The number of likely N-dealkylation sites (tertiary alicyclic amines) is 1. The molecule has 1 aromatic rings. The number of hydrogen-bond donors (Lipinski definition) is 1. The molecule has 3 nitrogen and oxygen atoms in total. The number of nitrogens with zero attached hydrogens (tertiary/aromatic N) is 1. The van der Waals surface area contributed by atoms with Crippen molar-refractivity contribution in [3.63, 3.8) is 0 Å². The second-order valence-corrected chi connectivity index (χ2v) is 4.58. The van der Waals surface area contributed by atoms with Gasteiger partial charge in [-0.2, -0.15) is 0 Å². The minimum Gasteiger partial charge on any atom is -0.369 e. The first-order valence-corrected chi connectivity index (χ1v) is 5.91. The lowest BCUT2D eigenvalue weighted by Crippen LogP contribution is -2.38. The van der Waals surface area contributed by atoms with E-state index in [0.717, 1.165) is 38.0 Å². The first-order valence-electron chi connectivity index (χ1n) is 5.91. The van der Waals surface area contributed by atoms with E-state index in [1.807, 2.05) is 6.07 Å². The van der Waals surface area contributed by atoms with E-state index in [1.165, 1.54) is 6.07 Å². The van der Waals surface area contributed by atoms with Gasteiger partial charge in [0.05, 0.1) is 0 Å². The number of primary amides is 1. The van der Waals surface area contributed by atoms with Crippen molar-refractivity contribution in [1.29, 1.82) is 0 Å². The Morgan fingerprint density at radius 3 is 2.71 bits per heavy atom. The third kappa shape index (κ3) is 3.27. The van der Waals surface area contributed by atoms with Gasteiger partial charge in [0.25, 0.3) is 0 Å². The van der Waals surface area contributed by atoms with Gasteiger partial charge in [0, 0.05) is 12.5 Å². The van der Waals surface area contributed by atoms with Crippen LogP contribution in [0.5, 0.6) is 0 Å². The monoisotopic (exact) mass is 236 g/mol. The maximum absolute atomic E-state index is 13.0. The van der Waals surface area contributed by atoms with Crippen LogP contribution in [-0.2, 0) is 11.3 Å². The molecule has 2 N–H and O–H groups in total. The Balaban J connectivity index is 1.88. The van der Waals surface area contributed by atoms with E-state index < -0.39 is 0 Å². The number of nitrogens with two attached hydrogens (primary N) is 1. The smallest absolute Gasteiger partial charge is 0.220 e. The Morgan fingerprint density at radius 2 is 2.12 bits per heavy atom. The van der Waals surface area contributed by atoms with Gasteiger partial charge in [0.15, 0.2) is 0 Å². The average molecular weight is 236 g/mol. The molecule has 1 saturated heterocycles. The lowest BCUT2D eigenvalue weighted by atomic mass is 9.96. The van der Waals surface area contributed by atoms with Crippen molar-refractivity contribution >= 4 is 5.91 Å². The van der Waals surface area contributed by atoms with Gasteiger partial charge < -0.3 is 5.73 Å². The zero-order valence-electron chi connectivity index (χ0n) is 9.73. The summed E-state index contributed by atoms with van der Waals surface area (Å²) in [6, 6.07) is 6.65. The molecule has 92 valence electrons. The fourth-order valence-corrected chi connectivity index (χ4v) is 2.27. The molecule has 17 heavy (non-hydrogen) atoms. The minimum absolute atomic E-state index is 0.0127. The summed E-state index contributed by atoms with van der Waals surface area (Å²) in [6.45, 7) is 2.44. The highest BCUT2D eigenvalue weighted by Gasteiger charge is 2.22. The van der Waals surface area contributed by atoms with Crippen molar-refractivity contribution in [2.45, 2.75) is 19.4 Å². The van der Waals surface area contributed by atoms with Gasteiger partial charge in [0.2, 0.25) is 5.91 Å². The highest BCUT2D eigenvalue weighted by molar-refractivity contribution is 5.76. The summed E-state index contributed by atoms with van der Waals surface area (Å²) >= 11 is 0. The summed E-state index contributed by atoms with van der Waals surface area (Å²) in [6.07, 6.45) is 1.62. The zero-order chi connectivity index (χ0) is 12.3. The Morgan fingerprint density at radius 1 is 1.41 bits per heavy atom. The van der Waals surface area contributed by atoms with Crippen LogP contribution in [0.4, 0.5) is 4.39 Å². The molecule has 0 radical (unpaired) electrons. The fourth-order valence-electron chi connectivity index (χ4n) is 2.27. The Hall–Kier alpha value is -1.42. The van der Waals surface area contributed by atoms with E-state index in [2.05, 4.69) is 4.90 Å². The number of piperidine rings is 1. The first kappa shape index (κ1) is 12.0. The van der Waals surface area contributed by atoms with E-state index in [4.69, 9.17) is 5.73 Å². The predicted molar refractivity (Wildman–Crippen MR) is 63.6 cm³/mol. The molecule has 0 unspecified atom stereocenters. The molecule has 0 saturated carbocycles. The zero-order valence-corrected chi connectivity index (χ0v) is 9.73. The summed E-state index contributed by atoms with van der Waals surface area (Å²) in [5.41, 5.74) is 6.25. The van der Waals surface area contributed by atoms with E-state index >= 15 is 0 Å². The summed E-state index contributed by atoms with van der Waals surface area (Å²) in [5.74, 6) is -0.385. The number of halogens is 1. The molecule has 0 spiro atoms. The summed E-state index contributed by atoms with van der Waals surface area (Å²) in [7, 11) is 0. The Labute approximate surface area is 100 Å². The van der Waals surface area contributed by atoms with Crippen LogP contribution in [0.15, 0.2) is 24.3 Å². The van der Waals surface area contributed by atoms with Crippen LogP contribution in [0.1, 0.15) is 18.4 Å². The molecule has 1 heterocycles. The lowest BCUT2D eigenvalue weighted by Gasteiger charge is -2.30. The molecule has 1 aliphatic heterocycles. The molecule has 4 heteroatoms. The van der Waals surface area contributed by atoms with Gasteiger partial charge in [-0.05, 0) is 43.6 Å². The van der Waals surface area contributed by atoms with Crippen molar-refractivity contribution in [3.8, 4) is 0 Å². The van der Waals surface area contributed by atoms with Crippen LogP contribution >= 0.6 is 0 Å². The molecular weight excluding hydrogens is 219 g/mol. The number of benzene rings is 1. The van der Waals surface area contributed by atoms with Gasteiger partial charge in [-0.1, -0.05) is 12.1 Å². The topological polar surface area (TPSA) is 46.3 Å². The van der Waals surface area contributed by atoms with Crippen LogP contribution in [0.25, 0.3) is 0 Å². The number of amides is 1. The third-order valence-electron chi connectivity index (χ3n) is 3.29. The SMILES string of the molecule is NC(=O)C1CCN(Cc2cccc(F)c2)CC1. The molecule has 1 aromatic carbocycles. The Bertz CT molecular complexity index is 400. The van der Waals surface area contributed by atoms with Gasteiger partial charge >= 0.3 is 0 Å². The highest BCUT2D eigenvalue weighted by Crippen LogP contribution is 2.18. The summed E-state index contributed by atoms with van der Waals surface area (Å²) in [4.78, 5) is 13.2.